The smallest absolute Gasteiger partial charge is 0.416 e. The van der Waals surface area contributed by atoms with E-state index < -0.39 is 23.5 Å². The van der Waals surface area contributed by atoms with Crippen molar-refractivity contribution in [2.45, 2.75) is 20.0 Å². The van der Waals surface area contributed by atoms with Crippen molar-refractivity contribution in [3.05, 3.63) is 95.3 Å². The molecule has 0 unspecified atom stereocenters. The fourth-order valence-corrected chi connectivity index (χ4v) is 3.39. The Morgan fingerprint density at radius 2 is 1.85 bits per heavy atom. The number of alkyl halides is 3. The summed E-state index contributed by atoms with van der Waals surface area (Å²) in [6.45, 7) is 6.99. The van der Waals surface area contributed by atoms with E-state index in [1.54, 1.807) is 19.1 Å². The van der Waals surface area contributed by atoms with E-state index in [1.807, 2.05) is 0 Å². The van der Waals surface area contributed by atoms with Crippen LogP contribution in [0.4, 0.5) is 17.6 Å². The Hall–Kier alpha value is -3.81. The molecule has 3 rings (SSSR count). The average Bonchev–Trinajstić information content (AvgIpc) is 2.74. The maximum atomic E-state index is 14.6. The van der Waals surface area contributed by atoms with Gasteiger partial charge in [0.1, 0.15) is 17.3 Å². The van der Waals surface area contributed by atoms with E-state index in [2.05, 4.69) is 6.58 Å². The van der Waals surface area contributed by atoms with Gasteiger partial charge in [0.05, 0.1) is 18.2 Å². The van der Waals surface area contributed by atoms with Crippen LogP contribution in [0.15, 0.2) is 78.4 Å². The third kappa shape index (κ3) is 4.84. The molecule has 33 heavy (non-hydrogen) atoms. The van der Waals surface area contributed by atoms with E-state index in [4.69, 9.17) is 4.74 Å². The maximum Gasteiger partial charge on any atom is 0.416 e. The first-order chi connectivity index (χ1) is 15.4. The number of hydrogen-bond donors (Lipinski definition) is 1. The van der Waals surface area contributed by atoms with Crippen LogP contribution in [0.5, 0.6) is 5.75 Å². The van der Waals surface area contributed by atoms with Crippen LogP contribution in [0.25, 0.3) is 16.7 Å². The minimum absolute atomic E-state index is 0.0945. The molecule has 0 fully saturated rings. The monoisotopic (exact) mass is 459 g/mol. The maximum absolute atomic E-state index is 14.6. The summed E-state index contributed by atoms with van der Waals surface area (Å²) in [6.07, 6.45) is 0.239. The third-order valence-electron chi connectivity index (χ3n) is 5.16. The number of hydrogen-bond acceptors (Lipinski definition) is 3. The van der Waals surface area contributed by atoms with Crippen molar-refractivity contribution < 1.29 is 32.2 Å². The van der Waals surface area contributed by atoms with Gasteiger partial charge in [-0.2, -0.15) is 13.2 Å². The van der Waals surface area contributed by atoms with Crippen LogP contribution in [0.3, 0.4) is 0 Å². The summed E-state index contributed by atoms with van der Waals surface area (Å²) in [5.74, 6) is -1.76. The molecule has 1 aliphatic heterocycles. The number of methoxy groups -OCH3 is 1. The molecule has 0 saturated heterocycles. The van der Waals surface area contributed by atoms with E-state index in [1.165, 1.54) is 43.3 Å². The second-order valence-electron chi connectivity index (χ2n) is 7.42. The van der Waals surface area contributed by atoms with Crippen LogP contribution in [0.1, 0.15) is 25.0 Å². The van der Waals surface area contributed by atoms with Crippen molar-refractivity contribution in [3.63, 3.8) is 0 Å². The Morgan fingerprint density at radius 1 is 1.15 bits per heavy atom. The van der Waals surface area contributed by atoms with Gasteiger partial charge in [-0.15, -0.1) is 0 Å². The predicted octanol–water partition coefficient (Wildman–Crippen LogP) is 6.63. The SMILES string of the molecule is C=C1C(C)=CC=CN1C(=O)/C(=C(\C)O)c1cc(OC)cc(-c2ccc(C(F)(F)F)cc2F)c1. The number of allylic oxidation sites excluding steroid dienone is 4. The van der Waals surface area contributed by atoms with Gasteiger partial charge in [-0.3, -0.25) is 9.69 Å². The standard InChI is InChI=1S/C25H21F4NO3/c1-14-6-5-9-30(15(14)2)24(32)23(16(3)31)18-10-17(11-20(12-18)33-4)21-8-7-19(13-22(21)26)25(27,28)29/h5-13,31H,2H2,1,3-4H3/b23-16+. The highest BCUT2D eigenvalue weighted by Crippen LogP contribution is 2.36. The molecule has 1 aliphatic rings. The molecule has 0 bridgehead atoms. The van der Waals surface area contributed by atoms with Gasteiger partial charge in [0.15, 0.2) is 0 Å². The number of carbonyl (C=O) groups is 1. The summed E-state index contributed by atoms with van der Waals surface area (Å²) >= 11 is 0. The summed E-state index contributed by atoms with van der Waals surface area (Å²) in [7, 11) is 1.35. The molecule has 2 aromatic rings. The minimum Gasteiger partial charge on any atom is -0.512 e. The molecular formula is C25H21F4NO3. The zero-order valence-corrected chi connectivity index (χ0v) is 18.1. The third-order valence-corrected chi connectivity index (χ3v) is 5.16. The van der Waals surface area contributed by atoms with E-state index in [0.717, 1.165) is 17.7 Å². The number of halogens is 4. The van der Waals surface area contributed by atoms with Gasteiger partial charge < -0.3 is 9.84 Å². The molecule has 0 spiro atoms. The fourth-order valence-electron chi connectivity index (χ4n) is 3.39. The first-order valence-corrected chi connectivity index (χ1v) is 9.78. The lowest BCUT2D eigenvalue weighted by Crippen LogP contribution is -2.28. The van der Waals surface area contributed by atoms with Crippen molar-refractivity contribution in [3.8, 4) is 16.9 Å². The molecule has 1 heterocycles. The largest absolute Gasteiger partial charge is 0.512 e. The van der Waals surface area contributed by atoms with Crippen LogP contribution in [-0.4, -0.2) is 23.0 Å². The highest BCUT2D eigenvalue weighted by atomic mass is 19.4. The number of amides is 1. The molecule has 1 amide bonds. The first kappa shape index (κ1) is 23.8. The molecule has 8 heteroatoms. The van der Waals surface area contributed by atoms with Crippen LogP contribution in [0, 0.1) is 5.82 Å². The summed E-state index contributed by atoms with van der Waals surface area (Å²) < 4.78 is 58.7. The van der Waals surface area contributed by atoms with Gasteiger partial charge in [0.2, 0.25) is 0 Å². The highest BCUT2D eigenvalue weighted by Gasteiger charge is 2.31. The molecule has 0 aliphatic carbocycles. The van der Waals surface area contributed by atoms with Crippen LogP contribution >= 0.6 is 0 Å². The Labute approximate surface area is 188 Å². The number of aliphatic hydroxyl groups excluding tert-OH is 1. The molecular weight excluding hydrogens is 438 g/mol. The van der Waals surface area contributed by atoms with E-state index in [-0.39, 0.29) is 33.8 Å². The van der Waals surface area contributed by atoms with Crippen molar-refractivity contribution in [1.29, 1.82) is 0 Å². The van der Waals surface area contributed by atoms with E-state index >= 15 is 0 Å². The minimum atomic E-state index is -4.69. The number of rotatable bonds is 4. The van der Waals surface area contributed by atoms with Crippen molar-refractivity contribution >= 4 is 11.5 Å². The van der Waals surface area contributed by atoms with Gasteiger partial charge in [0.25, 0.3) is 5.91 Å². The highest BCUT2D eigenvalue weighted by molar-refractivity contribution is 6.21. The quantitative estimate of drug-likeness (QED) is 0.317. The van der Waals surface area contributed by atoms with Gasteiger partial charge >= 0.3 is 6.18 Å². The lowest BCUT2D eigenvalue weighted by Gasteiger charge is -2.25. The summed E-state index contributed by atoms with van der Waals surface area (Å²) in [5.41, 5.74) is 0.201. The zero-order chi connectivity index (χ0) is 24.5. The second-order valence-corrected chi connectivity index (χ2v) is 7.42. The number of ether oxygens (including phenoxy) is 1. The Balaban J connectivity index is 2.12. The summed E-state index contributed by atoms with van der Waals surface area (Å²) in [6, 6.07) is 6.49. The number of nitrogens with zero attached hydrogens (tertiary/aromatic N) is 1. The average molecular weight is 459 g/mol. The summed E-state index contributed by atoms with van der Waals surface area (Å²) in [4.78, 5) is 14.6. The lowest BCUT2D eigenvalue weighted by molar-refractivity contribution is -0.137. The van der Waals surface area contributed by atoms with Gasteiger partial charge in [-0.1, -0.05) is 18.7 Å². The molecule has 4 nitrogen and oxygen atoms in total. The number of benzene rings is 2. The Kier molecular flexibility index (Phi) is 6.48. The van der Waals surface area contributed by atoms with Gasteiger partial charge in [-0.05, 0) is 67.0 Å². The van der Waals surface area contributed by atoms with Crippen LogP contribution in [0.2, 0.25) is 0 Å². The number of carbonyl (C=O) groups excluding carboxylic acids is 1. The van der Waals surface area contributed by atoms with E-state index in [0.29, 0.717) is 11.8 Å². The second kappa shape index (κ2) is 8.97. The van der Waals surface area contributed by atoms with Crippen LogP contribution < -0.4 is 4.74 Å². The molecule has 0 aromatic heterocycles. The topological polar surface area (TPSA) is 49.8 Å². The van der Waals surface area contributed by atoms with Crippen molar-refractivity contribution in [1.82, 2.24) is 4.90 Å². The van der Waals surface area contributed by atoms with Crippen molar-refractivity contribution in [2.75, 3.05) is 7.11 Å². The summed E-state index contributed by atoms with van der Waals surface area (Å²) in [5, 5.41) is 10.3. The predicted molar refractivity (Wildman–Crippen MR) is 117 cm³/mol. The normalized spacial score (nSPS) is 14.7. The Bertz CT molecular complexity index is 1220. The Morgan fingerprint density at radius 3 is 2.42 bits per heavy atom. The fraction of sp³-hybridized carbons (Fsp3) is 0.160. The van der Waals surface area contributed by atoms with Crippen LogP contribution in [-0.2, 0) is 11.0 Å². The molecule has 0 saturated carbocycles. The number of aliphatic hydroxyl groups is 1. The molecule has 172 valence electrons. The molecule has 0 radical (unpaired) electrons. The van der Waals surface area contributed by atoms with Gasteiger partial charge in [-0.25, -0.2) is 4.39 Å². The molecule has 0 atom stereocenters. The molecule has 1 N–H and O–H groups in total. The van der Waals surface area contributed by atoms with Crippen molar-refractivity contribution in [2.24, 2.45) is 0 Å². The first-order valence-electron chi connectivity index (χ1n) is 9.78. The lowest BCUT2D eigenvalue weighted by atomic mass is 9.95. The molecule has 2 aromatic carbocycles. The van der Waals surface area contributed by atoms with Gasteiger partial charge in [0, 0.05) is 17.5 Å². The zero-order valence-electron chi connectivity index (χ0n) is 18.1. The van der Waals surface area contributed by atoms with E-state index in [9.17, 15) is 27.5 Å².